The highest BCUT2D eigenvalue weighted by Crippen LogP contribution is 2.34. The molecular formula is C11H12F3N3O2. The Morgan fingerprint density at radius 3 is 2.32 bits per heavy atom. The van der Waals surface area contributed by atoms with Crippen LogP contribution in [0.2, 0.25) is 0 Å². The number of rotatable bonds is 2. The molecule has 1 aliphatic heterocycles. The van der Waals surface area contributed by atoms with E-state index in [0.717, 1.165) is 6.20 Å². The molecule has 1 N–H and O–H groups in total. The first-order valence-electron chi connectivity index (χ1n) is 5.75. The summed E-state index contributed by atoms with van der Waals surface area (Å²) in [6, 6.07) is 0. The van der Waals surface area contributed by atoms with Crippen molar-refractivity contribution in [2.45, 2.75) is 19.0 Å². The smallest absolute Gasteiger partial charge is 0.391 e. The Kier molecular flexibility index (Phi) is 3.59. The molecule has 2 rings (SSSR count). The van der Waals surface area contributed by atoms with Crippen molar-refractivity contribution in [3.05, 3.63) is 18.1 Å². The first kappa shape index (κ1) is 13.6. The lowest BCUT2D eigenvalue weighted by atomic mass is 9.96. The molecule has 1 aliphatic rings. The van der Waals surface area contributed by atoms with Crippen molar-refractivity contribution in [2.75, 3.05) is 18.0 Å². The average Bonchev–Trinajstić information content (AvgIpc) is 2.38. The van der Waals surface area contributed by atoms with E-state index in [0.29, 0.717) is 5.82 Å². The molecule has 0 radical (unpaired) electrons. The molecule has 1 aromatic heterocycles. The minimum Gasteiger partial charge on any atom is -0.476 e. The van der Waals surface area contributed by atoms with E-state index in [-0.39, 0.29) is 31.6 Å². The molecule has 1 fully saturated rings. The van der Waals surface area contributed by atoms with E-state index >= 15 is 0 Å². The summed E-state index contributed by atoms with van der Waals surface area (Å²) >= 11 is 0. The summed E-state index contributed by atoms with van der Waals surface area (Å²) < 4.78 is 37.5. The van der Waals surface area contributed by atoms with Gasteiger partial charge in [0.15, 0.2) is 5.69 Å². The molecule has 0 amide bonds. The van der Waals surface area contributed by atoms with E-state index in [2.05, 4.69) is 9.97 Å². The summed E-state index contributed by atoms with van der Waals surface area (Å²) in [5.74, 6) is -2.05. The van der Waals surface area contributed by atoms with E-state index in [9.17, 15) is 18.0 Å². The van der Waals surface area contributed by atoms with Crippen LogP contribution in [0, 0.1) is 5.92 Å². The zero-order chi connectivity index (χ0) is 14.0. The van der Waals surface area contributed by atoms with Crippen molar-refractivity contribution in [2.24, 2.45) is 5.92 Å². The van der Waals surface area contributed by atoms with Crippen molar-refractivity contribution in [3.63, 3.8) is 0 Å². The van der Waals surface area contributed by atoms with Gasteiger partial charge >= 0.3 is 12.1 Å². The van der Waals surface area contributed by atoms with Gasteiger partial charge in [-0.1, -0.05) is 0 Å². The maximum atomic E-state index is 12.5. The van der Waals surface area contributed by atoms with Crippen LogP contribution in [-0.2, 0) is 0 Å². The van der Waals surface area contributed by atoms with Crippen molar-refractivity contribution in [3.8, 4) is 0 Å². The number of anilines is 1. The minimum atomic E-state index is -4.15. The summed E-state index contributed by atoms with van der Waals surface area (Å²) in [5, 5.41) is 8.67. The van der Waals surface area contributed by atoms with E-state index in [4.69, 9.17) is 5.11 Å². The van der Waals surface area contributed by atoms with Crippen molar-refractivity contribution in [1.29, 1.82) is 0 Å². The van der Waals surface area contributed by atoms with Gasteiger partial charge in [-0.05, 0) is 12.8 Å². The molecule has 2 heterocycles. The molecule has 8 heteroatoms. The number of aromatic carboxylic acids is 1. The number of aromatic nitrogens is 2. The molecule has 0 aliphatic carbocycles. The topological polar surface area (TPSA) is 66.3 Å². The first-order valence-corrected chi connectivity index (χ1v) is 5.75. The lowest BCUT2D eigenvalue weighted by Gasteiger charge is -2.33. The first-order chi connectivity index (χ1) is 8.88. The van der Waals surface area contributed by atoms with Gasteiger partial charge in [0.05, 0.1) is 18.3 Å². The van der Waals surface area contributed by atoms with Crippen LogP contribution in [-0.4, -0.2) is 40.3 Å². The quantitative estimate of drug-likeness (QED) is 0.893. The molecular weight excluding hydrogens is 263 g/mol. The van der Waals surface area contributed by atoms with Crippen LogP contribution in [0.25, 0.3) is 0 Å². The highest BCUT2D eigenvalue weighted by Gasteiger charge is 2.41. The Bertz CT molecular complexity index is 453. The van der Waals surface area contributed by atoms with E-state index in [1.54, 1.807) is 4.90 Å². The molecule has 1 saturated heterocycles. The van der Waals surface area contributed by atoms with Gasteiger partial charge < -0.3 is 10.0 Å². The molecule has 0 saturated carbocycles. The predicted molar refractivity (Wildman–Crippen MR) is 60.0 cm³/mol. The number of alkyl halides is 3. The molecule has 0 atom stereocenters. The lowest BCUT2D eigenvalue weighted by molar-refractivity contribution is -0.179. The fourth-order valence-corrected chi connectivity index (χ4v) is 2.03. The van der Waals surface area contributed by atoms with Gasteiger partial charge in [0.2, 0.25) is 0 Å². The molecule has 0 spiro atoms. The lowest BCUT2D eigenvalue weighted by Crippen LogP contribution is -2.39. The van der Waals surface area contributed by atoms with Gasteiger partial charge in [-0.15, -0.1) is 0 Å². The second kappa shape index (κ2) is 5.02. The number of piperidine rings is 1. The second-order valence-corrected chi connectivity index (χ2v) is 4.37. The van der Waals surface area contributed by atoms with Gasteiger partial charge in [0, 0.05) is 13.1 Å². The monoisotopic (exact) mass is 275 g/mol. The minimum absolute atomic E-state index is 0.0197. The third-order valence-electron chi connectivity index (χ3n) is 3.14. The van der Waals surface area contributed by atoms with E-state index < -0.39 is 18.1 Å². The maximum absolute atomic E-state index is 12.5. The Balaban J connectivity index is 2.00. The molecule has 1 aromatic rings. The van der Waals surface area contributed by atoms with Gasteiger partial charge in [0.25, 0.3) is 0 Å². The number of hydrogen-bond donors (Lipinski definition) is 1. The molecule has 0 aromatic carbocycles. The predicted octanol–water partition coefficient (Wildman–Crippen LogP) is 1.95. The molecule has 104 valence electrons. The summed E-state index contributed by atoms with van der Waals surface area (Å²) in [7, 11) is 0. The van der Waals surface area contributed by atoms with Crippen molar-refractivity contribution >= 4 is 11.8 Å². The fraction of sp³-hybridized carbons (Fsp3) is 0.545. The molecule has 0 unspecified atom stereocenters. The van der Waals surface area contributed by atoms with Crippen LogP contribution in [0.4, 0.5) is 19.0 Å². The number of hydrogen-bond acceptors (Lipinski definition) is 4. The molecule has 5 nitrogen and oxygen atoms in total. The van der Waals surface area contributed by atoms with E-state index in [1.807, 2.05) is 0 Å². The molecule has 19 heavy (non-hydrogen) atoms. The Labute approximate surface area is 107 Å². The van der Waals surface area contributed by atoms with Crippen LogP contribution < -0.4 is 4.90 Å². The van der Waals surface area contributed by atoms with Crippen LogP contribution in [0.5, 0.6) is 0 Å². The molecule has 0 bridgehead atoms. The van der Waals surface area contributed by atoms with Crippen LogP contribution in [0.15, 0.2) is 12.4 Å². The summed E-state index contributed by atoms with van der Waals surface area (Å²) in [4.78, 5) is 19.9. The van der Waals surface area contributed by atoms with Crippen molar-refractivity contribution in [1.82, 2.24) is 9.97 Å². The van der Waals surface area contributed by atoms with Crippen LogP contribution >= 0.6 is 0 Å². The standard InChI is InChI=1S/C11H12F3N3O2/c12-11(13,14)7-1-3-17(4-2-7)9-6-15-8(5-16-9)10(18)19/h5-7H,1-4H2,(H,18,19). The number of halogens is 3. The Morgan fingerprint density at radius 2 is 1.89 bits per heavy atom. The van der Waals surface area contributed by atoms with Gasteiger partial charge in [-0.25, -0.2) is 14.8 Å². The number of carboxylic acid groups (broad SMARTS) is 1. The second-order valence-electron chi connectivity index (χ2n) is 4.37. The highest BCUT2D eigenvalue weighted by molar-refractivity contribution is 5.84. The Morgan fingerprint density at radius 1 is 1.26 bits per heavy atom. The number of carbonyl (C=O) groups is 1. The zero-order valence-corrected chi connectivity index (χ0v) is 9.89. The Hall–Kier alpha value is -1.86. The van der Waals surface area contributed by atoms with Gasteiger partial charge in [-0.2, -0.15) is 13.2 Å². The van der Waals surface area contributed by atoms with Crippen molar-refractivity contribution < 1.29 is 23.1 Å². The third-order valence-corrected chi connectivity index (χ3v) is 3.14. The number of nitrogens with zero attached hydrogens (tertiary/aromatic N) is 3. The van der Waals surface area contributed by atoms with E-state index in [1.165, 1.54) is 6.20 Å². The zero-order valence-electron chi connectivity index (χ0n) is 9.89. The summed E-state index contributed by atoms with van der Waals surface area (Å²) in [6.45, 7) is 0.483. The van der Waals surface area contributed by atoms with Gasteiger partial charge in [-0.3, -0.25) is 0 Å². The normalized spacial score (nSPS) is 17.5. The highest BCUT2D eigenvalue weighted by atomic mass is 19.4. The largest absolute Gasteiger partial charge is 0.476 e. The average molecular weight is 275 g/mol. The van der Waals surface area contributed by atoms with Crippen LogP contribution in [0.1, 0.15) is 23.3 Å². The summed E-state index contributed by atoms with van der Waals surface area (Å²) in [5.41, 5.74) is -0.186. The van der Waals surface area contributed by atoms with Gasteiger partial charge in [0.1, 0.15) is 5.82 Å². The fourth-order valence-electron chi connectivity index (χ4n) is 2.03. The maximum Gasteiger partial charge on any atom is 0.391 e. The third kappa shape index (κ3) is 3.12. The SMILES string of the molecule is O=C(O)c1cnc(N2CCC(C(F)(F)F)CC2)cn1. The number of carboxylic acids is 1. The summed E-state index contributed by atoms with van der Waals surface area (Å²) in [6.07, 6.45) is -1.73. The van der Waals surface area contributed by atoms with Crippen LogP contribution in [0.3, 0.4) is 0 Å².